The van der Waals surface area contributed by atoms with Gasteiger partial charge in [0.15, 0.2) is 0 Å². The minimum atomic E-state index is -0.212. The fraction of sp³-hybridized carbons (Fsp3) is 0.235. The van der Waals surface area contributed by atoms with Crippen LogP contribution in [0.5, 0.6) is 0 Å². The first kappa shape index (κ1) is 15.4. The first-order chi connectivity index (χ1) is 10.9. The summed E-state index contributed by atoms with van der Waals surface area (Å²) in [6.07, 6.45) is 0. The Labute approximate surface area is 138 Å². The van der Waals surface area contributed by atoms with Gasteiger partial charge in [-0.25, -0.2) is 0 Å². The van der Waals surface area contributed by atoms with E-state index in [2.05, 4.69) is 15.5 Å². The number of benzene rings is 1. The lowest BCUT2D eigenvalue weighted by atomic mass is 10.1. The predicted molar refractivity (Wildman–Crippen MR) is 95.2 cm³/mol. The summed E-state index contributed by atoms with van der Waals surface area (Å²) in [6.45, 7) is 7.83. The number of nitrogens with one attached hydrogen (secondary N) is 1. The quantitative estimate of drug-likeness (QED) is 0.751. The van der Waals surface area contributed by atoms with Gasteiger partial charge in [0, 0.05) is 11.1 Å². The molecule has 0 saturated heterocycles. The van der Waals surface area contributed by atoms with E-state index in [0.29, 0.717) is 15.4 Å². The number of carbonyl (C=O) groups excluding carboxylic acids is 1. The number of nitrogen functional groups attached to an aromatic ring is 1. The van der Waals surface area contributed by atoms with E-state index in [1.165, 1.54) is 11.3 Å². The molecule has 3 N–H and O–H groups in total. The zero-order valence-corrected chi connectivity index (χ0v) is 14.3. The fourth-order valence-electron chi connectivity index (χ4n) is 2.47. The Morgan fingerprint density at radius 3 is 2.61 bits per heavy atom. The second-order valence-corrected chi connectivity index (χ2v) is 6.64. The summed E-state index contributed by atoms with van der Waals surface area (Å²) in [6, 6.07) is 5.82. The molecule has 6 heteroatoms. The summed E-state index contributed by atoms with van der Waals surface area (Å²) < 4.78 is 0. The lowest BCUT2D eigenvalue weighted by Gasteiger charge is -2.09. The van der Waals surface area contributed by atoms with Crippen LogP contribution in [0.25, 0.3) is 10.2 Å². The van der Waals surface area contributed by atoms with Gasteiger partial charge in [-0.2, -0.15) is 5.10 Å². The van der Waals surface area contributed by atoms with E-state index in [-0.39, 0.29) is 5.91 Å². The molecule has 2 heterocycles. The molecule has 0 spiro atoms. The van der Waals surface area contributed by atoms with Crippen molar-refractivity contribution in [3.05, 3.63) is 45.5 Å². The number of anilines is 2. The number of hydrogen-bond acceptors (Lipinski definition) is 5. The van der Waals surface area contributed by atoms with Crippen LogP contribution in [0, 0.1) is 27.7 Å². The van der Waals surface area contributed by atoms with Crippen LogP contribution in [0.1, 0.15) is 32.1 Å². The van der Waals surface area contributed by atoms with E-state index in [4.69, 9.17) is 5.73 Å². The molecule has 0 aliphatic carbocycles. The number of fused-ring (bicyclic) bond motifs is 1. The molecule has 0 aliphatic rings. The number of aromatic nitrogens is 2. The van der Waals surface area contributed by atoms with Gasteiger partial charge in [0.1, 0.15) is 9.71 Å². The minimum Gasteiger partial charge on any atom is -0.397 e. The zero-order chi connectivity index (χ0) is 16.7. The normalized spacial score (nSPS) is 11.0. The molecule has 118 valence electrons. The minimum absolute atomic E-state index is 0.212. The second kappa shape index (κ2) is 5.62. The molecule has 5 nitrogen and oxygen atoms in total. The Morgan fingerprint density at radius 1 is 1.13 bits per heavy atom. The zero-order valence-electron chi connectivity index (χ0n) is 13.5. The van der Waals surface area contributed by atoms with Crippen molar-refractivity contribution in [2.24, 2.45) is 0 Å². The summed E-state index contributed by atoms with van der Waals surface area (Å²) in [5.74, 6) is -0.212. The Kier molecular flexibility index (Phi) is 3.77. The van der Waals surface area contributed by atoms with Crippen LogP contribution in [0.15, 0.2) is 18.2 Å². The number of nitrogens with zero attached hydrogens (tertiary/aromatic N) is 2. The molecule has 23 heavy (non-hydrogen) atoms. The van der Waals surface area contributed by atoms with E-state index in [1.807, 2.05) is 45.9 Å². The molecule has 3 rings (SSSR count). The fourth-order valence-corrected chi connectivity index (χ4v) is 3.47. The monoisotopic (exact) mass is 326 g/mol. The van der Waals surface area contributed by atoms with E-state index < -0.39 is 0 Å². The lowest BCUT2D eigenvalue weighted by molar-refractivity contribution is 0.103. The number of nitrogens with two attached hydrogens (primary N) is 1. The Balaban J connectivity index is 2.03. The first-order valence-corrected chi connectivity index (χ1v) is 8.11. The maximum absolute atomic E-state index is 12.6. The van der Waals surface area contributed by atoms with Gasteiger partial charge in [0.05, 0.1) is 11.4 Å². The number of carbonyl (C=O) groups is 1. The maximum Gasteiger partial charge on any atom is 0.267 e. The highest BCUT2D eigenvalue weighted by atomic mass is 32.1. The van der Waals surface area contributed by atoms with Crippen LogP contribution in [-0.4, -0.2) is 16.1 Å². The van der Waals surface area contributed by atoms with Crippen molar-refractivity contribution >= 4 is 38.8 Å². The summed E-state index contributed by atoms with van der Waals surface area (Å²) in [5.41, 5.74) is 11.5. The molecule has 3 aromatic rings. The Hall–Kier alpha value is -2.47. The summed E-state index contributed by atoms with van der Waals surface area (Å²) in [5, 5.41) is 12.0. The van der Waals surface area contributed by atoms with Crippen LogP contribution in [-0.2, 0) is 0 Å². The van der Waals surface area contributed by atoms with Gasteiger partial charge in [0.2, 0.25) is 0 Å². The Bertz CT molecular complexity index is 930. The van der Waals surface area contributed by atoms with Gasteiger partial charge in [-0.15, -0.1) is 16.4 Å². The van der Waals surface area contributed by atoms with Gasteiger partial charge in [-0.05, 0) is 50.5 Å². The second-order valence-electron chi connectivity index (χ2n) is 5.64. The van der Waals surface area contributed by atoms with E-state index in [0.717, 1.165) is 33.5 Å². The highest BCUT2D eigenvalue weighted by molar-refractivity contribution is 7.21. The average Bonchev–Trinajstić information content (AvgIpc) is 2.85. The number of thiophene rings is 1. The van der Waals surface area contributed by atoms with E-state index >= 15 is 0 Å². The summed E-state index contributed by atoms with van der Waals surface area (Å²) >= 11 is 1.27. The molecule has 0 bridgehead atoms. The van der Waals surface area contributed by atoms with Crippen LogP contribution >= 0.6 is 11.3 Å². The molecule has 2 aromatic heterocycles. The van der Waals surface area contributed by atoms with Gasteiger partial charge < -0.3 is 11.1 Å². The molecule has 1 aromatic carbocycles. The summed E-state index contributed by atoms with van der Waals surface area (Å²) in [4.78, 5) is 13.8. The highest BCUT2D eigenvalue weighted by Gasteiger charge is 2.20. The number of hydrogen-bond donors (Lipinski definition) is 2. The van der Waals surface area contributed by atoms with E-state index in [1.54, 1.807) is 0 Å². The first-order valence-electron chi connectivity index (χ1n) is 7.29. The van der Waals surface area contributed by atoms with Crippen LogP contribution < -0.4 is 11.1 Å². The molecule has 0 unspecified atom stereocenters. The molecule has 0 aliphatic heterocycles. The topological polar surface area (TPSA) is 80.9 Å². The van der Waals surface area contributed by atoms with Crippen molar-refractivity contribution in [2.75, 3.05) is 11.1 Å². The van der Waals surface area contributed by atoms with Crippen LogP contribution in [0.2, 0.25) is 0 Å². The van der Waals surface area contributed by atoms with Crippen LogP contribution in [0.4, 0.5) is 11.4 Å². The highest BCUT2D eigenvalue weighted by Crippen LogP contribution is 2.35. The van der Waals surface area contributed by atoms with Crippen molar-refractivity contribution in [1.82, 2.24) is 10.2 Å². The number of aryl methyl sites for hydroxylation is 3. The Morgan fingerprint density at radius 2 is 1.87 bits per heavy atom. The number of amides is 1. The van der Waals surface area contributed by atoms with Gasteiger partial charge in [0.25, 0.3) is 5.91 Å². The summed E-state index contributed by atoms with van der Waals surface area (Å²) in [7, 11) is 0. The standard InChI is InChI=1S/C17H18N4OS/c1-8-6-5-7-12(9(8)2)19-16(22)15-14(18)13-10(3)11(4)20-21-17(13)23-15/h5-7H,18H2,1-4H3,(H,19,22). The number of rotatable bonds is 2. The SMILES string of the molecule is Cc1cccc(NC(=O)c2sc3nnc(C)c(C)c3c2N)c1C. The van der Waals surface area contributed by atoms with Crippen molar-refractivity contribution in [3.63, 3.8) is 0 Å². The third-order valence-electron chi connectivity index (χ3n) is 4.19. The molecule has 1 amide bonds. The third-order valence-corrected chi connectivity index (χ3v) is 5.28. The van der Waals surface area contributed by atoms with Crippen LogP contribution in [0.3, 0.4) is 0 Å². The molecule has 0 radical (unpaired) electrons. The van der Waals surface area contributed by atoms with Crippen molar-refractivity contribution in [1.29, 1.82) is 0 Å². The molecular weight excluding hydrogens is 308 g/mol. The van der Waals surface area contributed by atoms with Crippen molar-refractivity contribution in [3.8, 4) is 0 Å². The van der Waals surface area contributed by atoms with Gasteiger partial charge in [-0.3, -0.25) is 4.79 Å². The van der Waals surface area contributed by atoms with Crippen molar-refractivity contribution in [2.45, 2.75) is 27.7 Å². The largest absolute Gasteiger partial charge is 0.397 e. The molecule has 0 fully saturated rings. The average molecular weight is 326 g/mol. The third kappa shape index (κ3) is 2.55. The predicted octanol–water partition coefficient (Wildman–Crippen LogP) is 3.76. The smallest absolute Gasteiger partial charge is 0.267 e. The van der Waals surface area contributed by atoms with Crippen molar-refractivity contribution < 1.29 is 4.79 Å². The van der Waals surface area contributed by atoms with E-state index in [9.17, 15) is 4.79 Å². The maximum atomic E-state index is 12.6. The van der Waals surface area contributed by atoms with Gasteiger partial charge >= 0.3 is 0 Å². The lowest BCUT2D eigenvalue weighted by Crippen LogP contribution is -2.13. The van der Waals surface area contributed by atoms with Gasteiger partial charge in [-0.1, -0.05) is 12.1 Å². The molecule has 0 saturated carbocycles. The molecular formula is C17H18N4OS. The molecule has 0 atom stereocenters.